The Hall–Kier alpha value is -6.54. The molecule has 3 aromatic carbocycles. The second-order valence-corrected chi connectivity index (χ2v) is 16.9. The van der Waals surface area contributed by atoms with Gasteiger partial charge in [0.25, 0.3) is 0 Å². The first-order valence-electron chi connectivity index (χ1n) is 23.0. The number of hydrogen-bond acceptors (Lipinski definition) is 14. The van der Waals surface area contributed by atoms with E-state index >= 15 is 0 Å². The van der Waals surface area contributed by atoms with Crippen LogP contribution in [0.1, 0.15) is 97.7 Å². The van der Waals surface area contributed by atoms with Gasteiger partial charge in [0.15, 0.2) is 23.2 Å². The van der Waals surface area contributed by atoms with Crippen molar-refractivity contribution in [3.05, 3.63) is 88.7 Å². The van der Waals surface area contributed by atoms with Crippen LogP contribution in [0.15, 0.2) is 60.7 Å². The number of fused-ring (bicyclic) bond motifs is 5. The van der Waals surface area contributed by atoms with E-state index < -0.39 is 41.5 Å². The van der Waals surface area contributed by atoms with Crippen LogP contribution >= 0.6 is 0 Å². The first kappa shape index (κ1) is 51.4. The van der Waals surface area contributed by atoms with Crippen LogP contribution in [-0.2, 0) is 25.6 Å². The topological polar surface area (TPSA) is 256 Å². The zero-order valence-electron chi connectivity index (χ0n) is 39.3. The number of rotatable bonds is 21. The summed E-state index contributed by atoms with van der Waals surface area (Å²) in [6, 6.07) is 17.7. The SMILES string of the molecule is CCCCOc1ccc(-c2nc(C)c(C(=O)C[C@@H](CCN)C(=O)N(C)[C@@H]3C(=O)C[C@@H](C)C(=O)N[C@H](C(=O)CCC#N)Cc4ccc(OCCN)c(c4)-c4cc3ccc4OCCN)c(C)n2)cc1. The highest BCUT2D eigenvalue weighted by Crippen LogP contribution is 2.41. The number of nitrogens with zero attached hydrogens (tertiary/aromatic N) is 4. The summed E-state index contributed by atoms with van der Waals surface area (Å²) in [5.41, 5.74) is 21.9. The maximum absolute atomic E-state index is 14.8. The zero-order chi connectivity index (χ0) is 48.6. The Kier molecular flexibility index (Phi) is 19.1. The third kappa shape index (κ3) is 13.3. The maximum atomic E-state index is 14.8. The number of Topliss-reactive ketones (excluding diaryl/α,β-unsaturated/α-hetero) is 3. The summed E-state index contributed by atoms with van der Waals surface area (Å²) in [4.78, 5) is 81.8. The second kappa shape index (κ2) is 24.8. The number of nitrogens with one attached hydrogen (secondary N) is 1. The van der Waals surface area contributed by atoms with Crippen molar-refractivity contribution in [1.82, 2.24) is 20.2 Å². The lowest BCUT2D eigenvalue weighted by Crippen LogP contribution is -2.46. The van der Waals surface area contributed by atoms with Crippen LogP contribution in [0.5, 0.6) is 17.2 Å². The summed E-state index contributed by atoms with van der Waals surface area (Å²) in [5, 5.41) is 12.1. The molecule has 0 radical (unpaired) electrons. The highest BCUT2D eigenvalue weighted by Gasteiger charge is 2.36. The number of carbonyl (C=O) groups excluding carboxylic acids is 5. The van der Waals surface area contributed by atoms with Gasteiger partial charge < -0.3 is 41.6 Å². The fraction of sp³-hybridized carbons (Fsp3) is 0.451. The zero-order valence-corrected chi connectivity index (χ0v) is 39.3. The van der Waals surface area contributed by atoms with Gasteiger partial charge in [-0.2, -0.15) is 5.26 Å². The Bertz CT molecular complexity index is 2410. The lowest BCUT2D eigenvalue weighted by molar-refractivity contribution is -0.142. The molecule has 4 bridgehead atoms. The molecule has 1 aliphatic rings. The lowest BCUT2D eigenvalue weighted by Gasteiger charge is -2.32. The minimum atomic E-state index is -1.25. The molecule has 1 aromatic heterocycles. The Morgan fingerprint density at radius 2 is 1.51 bits per heavy atom. The van der Waals surface area contributed by atoms with Crippen molar-refractivity contribution in [2.24, 2.45) is 29.0 Å². The van der Waals surface area contributed by atoms with Crippen molar-refractivity contribution >= 4 is 29.2 Å². The van der Waals surface area contributed by atoms with Crippen molar-refractivity contribution in [2.45, 2.75) is 91.1 Å². The fourth-order valence-corrected chi connectivity index (χ4v) is 8.25. The Morgan fingerprint density at radius 1 is 0.866 bits per heavy atom. The van der Waals surface area contributed by atoms with E-state index in [2.05, 4.69) is 22.2 Å². The second-order valence-electron chi connectivity index (χ2n) is 16.9. The van der Waals surface area contributed by atoms with E-state index in [9.17, 15) is 29.2 Å². The average molecular weight is 917 g/mol. The van der Waals surface area contributed by atoms with E-state index in [0.29, 0.717) is 63.1 Å². The Balaban J connectivity index is 1.54. The molecule has 7 N–H and O–H groups in total. The number of unbranched alkanes of at least 4 members (excludes halogenated alkanes) is 1. The van der Waals surface area contributed by atoms with Gasteiger partial charge in [0.05, 0.1) is 35.7 Å². The third-order valence-corrected chi connectivity index (χ3v) is 11.8. The van der Waals surface area contributed by atoms with E-state index in [0.717, 1.165) is 24.2 Å². The van der Waals surface area contributed by atoms with Gasteiger partial charge >= 0.3 is 0 Å². The number of nitriles is 1. The molecule has 0 saturated carbocycles. The predicted molar refractivity (Wildman–Crippen MR) is 254 cm³/mol. The van der Waals surface area contributed by atoms with Gasteiger partial charge in [-0.1, -0.05) is 32.4 Å². The molecule has 1 aliphatic heterocycles. The summed E-state index contributed by atoms with van der Waals surface area (Å²) < 4.78 is 18.1. The van der Waals surface area contributed by atoms with Crippen molar-refractivity contribution in [3.63, 3.8) is 0 Å². The van der Waals surface area contributed by atoms with E-state index in [1.54, 1.807) is 51.1 Å². The summed E-state index contributed by atoms with van der Waals surface area (Å²) in [5.74, 6) is -2.03. The van der Waals surface area contributed by atoms with Crippen molar-refractivity contribution in [3.8, 4) is 45.8 Å². The van der Waals surface area contributed by atoms with Gasteiger partial charge in [0, 0.05) is 74.3 Å². The van der Waals surface area contributed by atoms with Crippen LogP contribution in [0.25, 0.3) is 22.5 Å². The molecular weight excluding hydrogens is 853 g/mol. The number of amides is 2. The average Bonchev–Trinajstić information content (AvgIpc) is 3.31. The summed E-state index contributed by atoms with van der Waals surface area (Å²) in [6.45, 7) is 8.60. The number of aryl methyl sites for hydroxylation is 2. The van der Waals surface area contributed by atoms with E-state index in [1.165, 1.54) is 11.9 Å². The van der Waals surface area contributed by atoms with Crippen LogP contribution in [0.3, 0.4) is 0 Å². The lowest BCUT2D eigenvalue weighted by atomic mass is 9.88. The molecule has 4 aromatic rings. The normalized spacial score (nSPS) is 16.5. The van der Waals surface area contributed by atoms with Gasteiger partial charge in [-0.15, -0.1) is 0 Å². The van der Waals surface area contributed by atoms with Crippen LogP contribution in [0, 0.1) is 37.0 Å². The number of hydrogen-bond donors (Lipinski definition) is 4. The molecule has 4 atom stereocenters. The molecule has 2 heterocycles. The maximum Gasteiger partial charge on any atom is 0.226 e. The molecule has 67 heavy (non-hydrogen) atoms. The third-order valence-electron chi connectivity index (χ3n) is 11.8. The van der Waals surface area contributed by atoms with Gasteiger partial charge in [-0.3, -0.25) is 24.0 Å². The molecule has 0 fully saturated rings. The molecule has 0 aliphatic carbocycles. The van der Waals surface area contributed by atoms with Gasteiger partial charge in [-0.25, -0.2) is 9.97 Å². The molecule has 16 heteroatoms. The van der Waals surface area contributed by atoms with E-state index in [4.69, 9.17) is 31.4 Å². The van der Waals surface area contributed by atoms with E-state index in [1.807, 2.05) is 36.4 Å². The van der Waals surface area contributed by atoms with Crippen molar-refractivity contribution in [1.29, 1.82) is 5.26 Å². The predicted octanol–water partition coefficient (Wildman–Crippen LogP) is 5.53. The first-order chi connectivity index (χ1) is 32.2. The van der Waals surface area contributed by atoms with E-state index in [-0.39, 0.29) is 82.9 Å². The number of ketones is 3. The molecule has 5 rings (SSSR count). The van der Waals surface area contributed by atoms with Gasteiger partial charge in [-0.05, 0) is 99.3 Å². The summed E-state index contributed by atoms with van der Waals surface area (Å²) >= 11 is 0. The minimum Gasteiger partial charge on any atom is -0.494 e. The quantitative estimate of drug-likeness (QED) is 0.0593. The number of likely N-dealkylation sites (N-methyl/N-ethyl adjacent to an activating group) is 1. The molecule has 356 valence electrons. The molecule has 16 nitrogen and oxygen atoms in total. The van der Waals surface area contributed by atoms with Gasteiger partial charge in [0.2, 0.25) is 11.8 Å². The van der Waals surface area contributed by atoms with Crippen LogP contribution < -0.4 is 36.7 Å². The van der Waals surface area contributed by atoms with Crippen molar-refractivity contribution < 1.29 is 38.2 Å². The largest absolute Gasteiger partial charge is 0.494 e. The number of carbonyl (C=O) groups is 5. The summed E-state index contributed by atoms with van der Waals surface area (Å²) in [7, 11) is 1.50. The van der Waals surface area contributed by atoms with Crippen LogP contribution in [0.4, 0.5) is 0 Å². The minimum absolute atomic E-state index is 0.0339. The van der Waals surface area contributed by atoms with Crippen LogP contribution in [0.2, 0.25) is 0 Å². The van der Waals surface area contributed by atoms with Crippen LogP contribution in [-0.4, -0.2) is 96.6 Å². The van der Waals surface area contributed by atoms with Gasteiger partial charge in [0.1, 0.15) is 36.5 Å². The molecule has 2 amide bonds. The number of aromatic nitrogens is 2. The Labute approximate surface area is 392 Å². The molecule has 0 spiro atoms. The highest BCUT2D eigenvalue weighted by atomic mass is 16.5. The molecule has 0 saturated heterocycles. The van der Waals surface area contributed by atoms with Crippen molar-refractivity contribution in [2.75, 3.05) is 46.5 Å². The number of nitrogens with two attached hydrogens (primary N) is 3. The molecular formula is C51H64N8O8. The number of benzene rings is 3. The molecule has 0 unspecified atom stereocenters. The number of ether oxygens (including phenoxy) is 3. The highest BCUT2D eigenvalue weighted by molar-refractivity contribution is 6.01. The summed E-state index contributed by atoms with van der Waals surface area (Å²) in [6.07, 6.45) is 1.55. The monoisotopic (exact) mass is 916 g/mol. The first-order valence-corrected chi connectivity index (χ1v) is 23.0. The standard InChI is InChI=1S/C51H64N8O8/c1-6-7-23-65-38-14-11-35(12-15-38)49-56-32(3)47(33(4)57-49)43(61)30-37(18-20-53)51(64)59(5)48-36-13-17-46(67-25-22-55)40(29-36)39-27-34(10-16-45(39)66-24-21-54)28-41(42(60)9-8-19-52)58-50(63)31(2)26-44(48)62/h10-17,27,29,31,37,41,48H,6-9,18,20-26,28,30,53-55H2,1-5H3,(H,58,63)/t31-,37-,41+,48+/m1/s1. The fourth-order valence-electron chi connectivity index (χ4n) is 8.25. The smallest absolute Gasteiger partial charge is 0.226 e. The Morgan fingerprint density at radius 3 is 2.12 bits per heavy atom.